The fourth-order valence-electron chi connectivity index (χ4n) is 3.25. The molecule has 146 valence electrons. The highest BCUT2D eigenvalue weighted by atomic mass is 35.5. The molecule has 0 saturated carbocycles. The number of hydrogen-bond acceptors (Lipinski definition) is 4. The molecule has 1 amide bonds. The van der Waals surface area contributed by atoms with Gasteiger partial charge in [0.15, 0.2) is 0 Å². The molecule has 1 fully saturated rings. The molecule has 1 saturated heterocycles. The van der Waals surface area contributed by atoms with E-state index in [0.29, 0.717) is 10.8 Å². The Morgan fingerprint density at radius 2 is 1.93 bits per heavy atom. The molecular weight excluding hydrogens is 390 g/mol. The molecule has 28 heavy (non-hydrogen) atoms. The summed E-state index contributed by atoms with van der Waals surface area (Å²) in [5, 5.41) is 0.647. The molecule has 1 aromatic heterocycles. The van der Waals surface area contributed by atoms with Crippen LogP contribution >= 0.6 is 23.4 Å². The molecule has 3 rings (SSSR count). The number of aromatic nitrogens is 1. The number of carbonyl (C=O) groups is 1. The second kappa shape index (κ2) is 9.80. The molecule has 1 aromatic carbocycles. The van der Waals surface area contributed by atoms with E-state index in [2.05, 4.69) is 16.5 Å². The molecule has 0 N–H and O–H groups in total. The van der Waals surface area contributed by atoms with E-state index in [1.807, 2.05) is 42.2 Å². The van der Waals surface area contributed by atoms with Gasteiger partial charge in [-0.1, -0.05) is 36.4 Å². The van der Waals surface area contributed by atoms with Gasteiger partial charge in [-0.2, -0.15) is 0 Å². The Bertz CT molecular complexity index is 861. The van der Waals surface area contributed by atoms with Crippen LogP contribution < -0.4 is 4.90 Å². The number of piperazine rings is 1. The minimum absolute atomic E-state index is 0.163. The Balaban J connectivity index is 1.59. The van der Waals surface area contributed by atoms with Crippen molar-refractivity contribution in [2.45, 2.75) is 11.8 Å². The van der Waals surface area contributed by atoms with Gasteiger partial charge in [-0.25, -0.2) is 0 Å². The number of amides is 1. The second-order valence-electron chi connectivity index (χ2n) is 6.56. The molecule has 0 radical (unpaired) electrons. The number of benzene rings is 1. The van der Waals surface area contributed by atoms with Gasteiger partial charge in [0.1, 0.15) is 0 Å². The maximum absolute atomic E-state index is 12.7. The zero-order chi connectivity index (χ0) is 19.9. The normalized spacial score (nSPS) is 14.9. The van der Waals surface area contributed by atoms with Gasteiger partial charge in [-0.15, -0.1) is 11.8 Å². The summed E-state index contributed by atoms with van der Waals surface area (Å²) in [6.07, 6.45) is 7.06. The maximum atomic E-state index is 12.7. The van der Waals surface area contributed by atoms with E-state index < -0.39 is 0 Å². The molecule has 1 aliphatic rings. The first-order chi connectivity index (χ1) is 13.6. The average molecular weight is 414 g/mol. The first kappa shape index (κ1) is 20.5. The highest BCUT2D eigenvalue weighted by molar-refractivity contribution is 8.00. The number of rotatable bonds is 6. The number of thioether (sulfide) groups is 1. The first-order valence-corrected chi connectivity index (χ1v) is 10.6. The van der Waals surface area contributed by atoms with Gasteiger partial charge >= 0.3 is 0 Å². The van der Waals surface area contributed by atoms with E-state index in [1.54, 1.807) is 36.3 Å². The molecule has 1 aliphatic heterocycles. The quantitative estimate of drug-likeness (QED) is 0.512. The number of hydrogen-bond donors (Lipinski definition) is 0. The van der Waals surface area contributed by atoms with Crippen molar-refractivity contribution < 1.29 is 4.79 Å². The number of allylic oxidation sites excluding steroid dienone is 2. The number of aryl methyl sites for hydroxylation is 1. The number of halogens is 1. The summed E-state index contributed by atoms with van der Waals surface area (Å²) in [4.78, 5) is 22.0. The summed E-state index contributed by atoms with van der Waals surface area (Å²) in [5.74, 6) is 0.569. The summed E-state index contributed by atoms with van der Waals surface area (Å²) in [6, 6.07) is 10.1. The number of pyridine rings is 1. The Labute approximate surface area is 175 Å². The number of anilines is 1. The standard InChI is InChI=1S/C22H24ClN3OS/c1-3-5-19(23)22-17(2)6-4-7-20(22)28-16-21(27)26-14-12-25(13-15-26)18-8-10-24-11-9-18/h3-11H,1,12-16H2,2H3/b19-5+. The summed E-state index contributed by atoms with van der Waals surface area (Å²) in [5.41, 5.74) is 3.22. The van der Waals surface area contributed by atoms with E-state index in [9.17, 15) is 4.79 Å². The summed E-state index contributed by atoms with van der Waals surface area (Å²) >= 11 is 7.97. The minimum atomic E-state index is 0.163. The van der Waals surface area contributed by atoms with Crippen LogP contribution in [0.1, 0.15) is 11.1 Å². The van der Waals surface area contributed by atoms with Gasteiger partial charge in [0.25, 0.3) is 0 Å². The van der Waals surface area contributed by atoms with E-state index in [0.717, 1.165) is 47.9 Å². The topological polar surface area (TPSA) is 36.4 Å². The molecule has 0 unspecified atom stereocenters. The van der Waals surface area contributed by atoms with Gasteiger partial charge in [-0.3, -0.25) is 9.78 Å². The minimum Gasteiger partial charge on any atom is -0.368 e. The molecule has 2 aromatic rings. The fourth-order valence-corrected chi connectivity index (χ4v) is 4.70. The SMILES string of the molecule is C=C/C=C(/Cl)c1c(C)cccc1SCC(=O)N1CCN(c2ccncc2)CC1. The van der Waals surface area contributed by atoms with E-state index in [4.69, 9.17) is 11.6 Å². The maximum Gasteiger partial charge on any atom is 0.233 e. The second-order valence-corrected chi connectivity index (χ2v) is 7.98. The summed E-state index contributed by atoms with van der Waals surface area (Å²) in [6.45, 7) is 8.89. The van der Waals surface area contributed by atoms with Crippen LogP contribution in [0.2, 0.25) is 0 Å². The van der Waals surface area contributed by atoms with Crippen LogP contribution in [0.3, 0.4) is 0 Å². The first-order valence-electron chi connectivity index (χ1n) is 9.24. The van der Waals surface area contributed by atoms with Crippen molar-refractivity contribution in [3.05, 3.63) is 72.6 Å². The van der Waals surface area contributed by atoms with Gasteiger partial charge in [0, 0.05) is 59.8 Å². The molecule has 0 aliphatic carbocycles. The molecule has 4 nitrogen and oxygen atoms in total. The Hall–Kier alpha value is -2.24. The van der Waals surface area contributed by atoms with Crippen LogP contribution in [0, 0.1) is 6.92 Å². The third-order valence-electron chi connectivity index (χ3n) is 4.75. The lowest BCUT2D eigenvalue weighted by Gasteiger charge is -2.36. The largest absolute Gasteiger partial charge is 0.368 e. The lowest BCUT2D eigenvalue weighted by atomic mass is 10.1. The Kier molecular flexibility index (Phi) is 7.18. The summed E-state index contributed by atoms with van der Waals surface area (Å²) < 4.78 is 0. The van der Waals surface area contributed by atoms with Crippen molar-refractivity contribution in [2.24, 2.45) is 0 Å². The van der Waals surface area contributed by atoms with Crippen molar-refractivity contribution in [1.82, 2.24) is 9.88 Å². The fraction of sp³-hybridized carbons (Fsp3) is 0.273. The van der Waals surface area contributed by atoms with Gasteiger partial charge in [0.2, 0.25) is 5.91 Å². The third-order valence-corrected chi connectivity index (χ3v) is 6.11. The van der Waals surface area contributed by atoms with E-state index in [1.165, 1.54) is 0 Å². The predicted octanol–water partition coefficient (Wildman–Crippen LogP) is 4.60. The zero-order valence-corrected chi connectivity index (χ0v) is 17.5. The number of carbonyl (C=O) groups excluding carboxylic acids is 1. The Morgan fingerprint density at radius 1 is 1.21 bits per heavy atom. The van der Waals surface area contributed by atoms with Crippen molar-refractivity contribution in [2.75, 3.05) is 36.8 Å². The average Bonchev–Trinajstić information content (AvgIpc) is 2.73. The lowest BCUT2D eigenvalue weighted by molar-refractivity contribution is -0.128. The van der Waals surface area contributed by atoms with Gasteiger partial charge in [0.05, 0.1) is 5.75 Å². The molecule has 6 heteroatoms. The predicted molar refractivity (Wildman–Crippen MR) is 119 cm³/mol. The van der Waals surface area contributed by atoms with Crippen LogP contribution in [0.4, 0.5) is 5.69 Å². The molecular formula is C22H24ClN3OS. The zero-order valence-electron chi connectivity index (χ0n) is 16.0. The number of nitrogens with zero attached hydrogens (tertiary/aromatic N) is 3. The van der Waals surface area contributed by atoms with Crippen LogP contribution in [-0.4, -0.2) is 47.7 Å². The molecule has 0 bridgehead atoms. The van der Waals surface area contributed by atoms with Crippen molar-refractivity contribution in [3.8, 4) is 0 Å². The van der Waals surface area contributed by atoms with Crippen LogP contribution in [0.15, 0.2) is 66.4 Å². The molecule has 0 atom stereocenters. The monoisotopic (exact) mass is 413 g/mol. The van der Waals surface area contributed by atoms with Crippen LogP contribution in [0.25, 0.3) is 5.03 Å². The lowest BCUT2D eigenvalue weighted by Crippen LogP contribution is -2.49. The van der Waals surface area contributed by atoms with Crippen molar-refractivity contribution in [1.29, 1.82) is 0 Å². The van der Waals surface area contributed by atoms with Crippen molar-refractivity contribution >= 4 is 40.0 Å². The third kappa shape index (κ3) is 4.97. The molecule has 2 heterocycles. The van der Waals surface area contributed by atoms with Gasteiger partial charge in [-0.05, 0) is 36.8 Å². The van der Waals surface area contributed by atoms with E-state index >= 15 is 0 Å². The van der Waals surface area contributed by atoms with E-state index in [-0.39, 0.29) is 5.91 Å². The molecule has 0 spiro atoms. The van der Waals surface area contributed by atoms with Crippen LogP contribution in [-0.2, 0) is 4.79 Å². The Morgan fingerprint density at radius 3 is 2.61 bits per heavy atom. The highest BCUT2D eigenvalue weighted by Gasteiger charge is 2.22. The van der Waals surface area contributed by atoms with Gasteiger partial charge < -0.3 is 9.80 Å². The smallest absolute Gasteiger partial charge is 0.233 e. The summed E-state index contributed by atoms with van der Waals surface area (Å²) in [7, 11) is 0. The highest BCUT2D eigenvalue weighted by Crippen LogP contribution is 2.33. The van der Waals surface area contributed by atoms with Crippen molar-refractivity contribution in [3.63, 3.8) is 0 Å². The van der Waals surface area contributed by atoms with Crippen LogP contribution in [0.5, 0.6) is 0 Å².